The number of amides is 2. The van der Waals surface area contributed by atoms with Gasteiger partial charge in [-0.1, -0.05) is 24.3 Å². The fourth-order valence-corrected chi connectivity index (χ4v) is 3.33. The Kier molecular flexibility index (Phi) is 5.98. The summed E-state index contributed by atoms with van der Waals surface area (Å²) in [5.41, 5.74) is -3.14. The van der Waals surface area contributed by atoms with Crippen molar-refractivity contribution in [2.45, 2.75) is 35.8 Å². The maximum atomic E-state index is 12.7. The maximum Gasteiger partial charge on any atom is 0.446 e. The number of nitrogens with one attached hydrogen (secondary N) is 1. The second-order valence-corrected chi connectivity index (χ2v) is 7.76. The number of hydrogen-bond acceptors (Lipinski definition) is 3. The summed E-state index contributed by atoms with van der Waals surface area (Å²) in [6.07, 6.45) is 2.01. The molecule has 2 aromatic carbocycles. The molecular weight excluding hydrogens is 389 g/mol. The molecule has 1 fully saturated rings. The van der Waals surface area contributed by atoms with Crippen molar-refractivity contribution in [1.29, 1.82) is 0 Å². The molecule has 1 N–H and O–H groups in total. The molecule has 28 heavy (non-hydrogen) atoms. The summed E-state index contributed by atoms with van der Waals surface area (Å²) >= 11 is -0.298. The van der Waals surface area contributed by atoms with Gasteiger partial charge in [0.25, 0.3) is 11.8 Å². The third-order valence-electron chi connectivity index (χ3n) is 4.24. The number of hydrogen-bond donors (Lipinski definition) is 1. The smallest absolute Gasteiger partial charge is 0.349 e. The Morgan fingerprint density at radius 3 is 2.36 bits per heavy atom. The van der Waals surface area contributed by atoms with Crippen molar-refractivity contribution in [2.24, 2.45) is 0 Å². The van der Waals surface area contributed by atoms with E-state index in [1.54, 1.807) is 24.3 Å². The van der Waals surface area contributed by atoms with Gasteiger partial charge in [-0.15, -0.1) is 0 Å². The first-order chi connectivity index (χ1) is 13.2. The molecule has 0 aromatic heterocycles. The number of halogens is 3. The van der Waals surface area contributed by atoms with Crippen molar-refractivity contribution in [3.63, 3.8) is 0 Å². The zero-order valence-electron chi connectivity index (χ0n) is 15.1. The summed E-state index contributed by atoms with van der Waals surface area (Å²) in [4.78, 5) is 25.9. The number of nitrogens with zero attached hydrogens (tertiary/aromatic N) is 1. The number of carbonyl (C=O) groups is 2. The Balaban J connectivity index is 1.66. The Labute approximate surface area is 165 Å². The van der Waals surface area contributed by atoms with Crippen molar-refractivity contribution >= 4 is 23.6 Å². The molecule has 0 bridgehead atoms. The highest BCUT2D eigenvalue weighted by Gasteiger charge is 2.31. The van der Waals surface area contributed by atoms with Crippen LogP contribution < -0.4 is 5.32 Å². The molecule has 0 radical (unpaired) electrons. The van der Waals surface area contributed by atoms with Crippen LogP contribution in [0, 0.1) is 0 Å². The number of thioether (sulfide) groups is 1. The summed E-state index contributed by atoms with van der Waals surface area (Å²) < 4.78 is 38.2. The molecule has 8 heteroatoms. The Bertz CT molecular complexity index is 864. The van der Waals surface area contributed by atoms with Gasteiger partial charge < -0.3 is 10.2 Å². The van der Waals surface area contributed by atoms with Gasteiger partial charge in [-0.25, -0.2) is 0 Å². The van der Waals surface area contributed by atoms with E-state index in [2.05, 4.69) is 5.32 Å². The van der Waals surface area contributed by atoms with Crippen LogP contribution in [0.3, 0.4) is 0 Å². The van der Waals surface area contributed by atoms with E-state index in [0.717, 1.165) is 18.4 Å². The fraction of sp³-hybridized carbons (Fsp3) is 0.300. The van der Waals surface area contributed by atoms with E-state index < -0.39 is 11.4 Å². The van der Waals surface area contributed by atoms with Crippen molar-refractivity contribution in [3.8, 4) is 0 Å². The summed E-state index contributed by atoms with van der Waals surface area (Å²) in [5.74, 6) is -0.625. The van der Waals surface area contributed by atoms with E-state index in [4.69, 9.17) is 0 Å². The minimum Gasteiger partial charge on any atom is -0.349 e. The third-order valence-corrected chi connectivity index (χ3v) is 5.05. The molecule has 0 heterocycles. The first-order valence-corrected chi connectivity index (χ1v) is 9.54. The summed E-state index contributed by atoms with van der Waals surface area (Å²) in [7, 11) is 1.53. The SMILES string of the molecule is CN(Cc1ccc(C(=O)NC2CC2)cc1)C(=O)c1ccccc1SC(F)(F)F. The lowest BCUT2D eigenvalue weighted by Gasteiger charge is -2.19. The highest BCUT2D eigenvalue weighted by Crippen LogP contribution is 2.38. The van der Waals surface area contributed by atoms with E-state index in [0.29, 0.717) is 5.56 Å². The zero-order chi connectivity index (χ0) is 20.3. The molecular formula is C20H19F3N2O2S. The highest BCUT2D eigenvalue weighted by molar-refractivity contribution is 8.00. The van der Waals surface area contributed by atoms with Gasteiger partial charge in [-0.05, 0) is 54.4 Å². The van der Waals surface area contributed by atoms with Gasteiger partial charge in [0.05, 0.1) is 5.56 Å². The number of rotatable bonds is 6. The number of carbonyl (C=O) groups excluding carboxylic acids is 2. The van der Waals surface area contributed by atoms with Crippen molar-refractivity contribution in [3.05, 3.63) is 65.2 Å². The zero-order valence-corrected chi connectivity index (χ0v) is 15.9. The summed E-state index contributed by atoms with van der Waals surface area (Å²) in [6, 6.07) is 12.8. The maximum absolute atomic E-state index is 12.7. The van der Waals surface area contributed by atoms with Crippen LogP contribution in [0.15, 0.2) is 53.4 Å². The van der Waals surface area contributed by atoms with Crippen LogP contribution in [0.1, 0.15) is 39.1 Å². The topological polar surface area (TPSA) is 49.4 Å². The second kappa shape index (κ2) is 8.26. The lowest BCUT2D eigenvalue weighted by Crippen LogP contribution is -2.27. The first kappa shape index (κ1) is 20.3. The van der Waals surface area contributed by atoms with Crippen LogP contribution in [0.2, 0.25) is 0 Å². The highest BCUT2D eigenvalue weighted by atomic mass is 32.2. The van der Waals surface area contributed by atoms with Gasteiger partial charge in [0, 0.05) is 30.1 Å². The van der Waals surface area contributed by atoms with E-state index in [1.165, 1.54) is 36.2 Å². The standard InChI is InChI=1S/C20H19F3N2O2S/c1-25(19(27)16-4-2-3-5-17(16)28-20(21,22)23)12-13-6-8-14(9-7-13)18(26)24-15-10-11-15/h2-9,15H,10-12H2,1H3,(H,24,26). The molecule has 1 aliphatic rings. The molecule has 1 aliphatic carbocycles. The van der Waals surface area contributed by atoms with Gasteiger partial charge in [-0.2, -0.15) is 13.2 Å². The lowest BCUT2D eigenvalue weighted by molar-refractivity contribution is -0.0328. The van der Waals surface area contributed by atoms with E-state index in [1.807, 2.05) is 0 Å². The van der Waals surface area contributed by atoms with Gasteiger partial charge >= 0.3 is 5.51 Å². The van der Waals surface area contributed by atoms with Crippen molar-refractivity contribution in [1.82, 2.24) is 10.2 Å². The molecule has 0 saturated heterocycles. The summed E-state index contributed by atoms with van der Waals surface area (Å²) in [5, 5.41) is 2.90. The largest absolute Gasteiger partial charge is 0.446 e. The molecule has 148 valence electrons. The monoisotopic (exact) mass is 408 g/mol. The van der Waals surface area contributed by atoms with Crippen LogP contribution >= 0.6 is 11.8 Å². The van der Waals surface area contributed by atoms with Crippen molar-refractivity contribution in [2.75, 3.05) is 7.05 Å². The summed E-state index contributed by atoms with van der Waals surface area (Å²) in [6.45, 7) is 0.217. The van der Waals surface area contributed by atoms with Crippen LogP contribution in [-0.4, -0.2) is 35.3 Å². The van der Waals surface area contributed by atoms with E-state index in [9.17, 15) is 22.8 Å². The molecule has 1 saturated carbocycles. The lowest BCUT2D eigenvalue weighted by atomic mass is 10.1. The minimum atomic E-state index is -4.47. The number of benzene rings is 2. The Morgan fingerprint density at radius 1 is 1.11 bits per heavy atom. The second-order valence-electron chi connectivity index (χ2n) is 6.65. The van der Waals surface area contributed by atoms with Gasteiger partial charge in [0.15, 0.2) is 0 Å². The van der Waals surface area contributed by atoms with E-state index in [-0.39, 0.29) is 40.7 Å². The molecule has 0 aliphatic heterocycles. The van der Waals surface area contributed by atoms with Gasteiger partial charge in [0.1, 0.15) is 0 Å². The van der Waals surface area contributed by atoms with Crippen molar-refractivity contribution < 1.29 is 22.8 Å². The van der Waals surface area contributed by atoms with Crippen LogP contribution in [-0.2, 0) is 6.54 Å². The van der Waals surface area contributed by atoms with Crippen LogP contribution in [0.25, 0.3) is 0 Å². The molecule has 0 atom stereocenters. The molecule has 2 amide bonds. The molecule has 3 rings (SSSR count). The average Bonchev–Trinajstić information content (AvgIpc) is 3.45. The molecule has 2 aromatic rings. The first-order valence-electron chi connectivity index (χ1n) is 8.73. The fourth-order valence-electron chi connectivity index (χ4n) is 2.67. The normalized spacial score (nSPS) is 13.9. The molecule has 4 nitrogen and oxygen atoms in total. The van der Waals surface area contributed by atoms with Crippen LogP contribution in [0.4, 0.5) is 13.2 Å². The Morgan fingerprint density at radius 2 is 1.75 bits per heavy atom. The molecule has 0 spiro atoms. The van der Waals surface area contributed by atoms with Crippen LogP contribution in [0.5, 0.6) is 0 Å². The van der Waals surface area contributed by atoms with E-state index >= 15 is 0 Å². The predicted octanol–water partition coefficient (Wildman–Crippen LogP) is 4.46. The van der Waals surface area contributed by atoms with Gasteiger partial charge in [-0.3, -0.25) is 9.59 Å². The van der Waals surface area contributed by atoms with Gasteiger partial charge in [0.2, 0.25) is 0 Å². The number of alkyl halides is 3. The molecule has 0 unspecified atom stereocenters. The predicted molar refractivity (Wildman–Crippen MR) is 101 cm³/mol. The average molecular weight is 408 g/mol. The third kappa shape index (κ3) is 5.51. The Hall–Kier alpha value is -2.48. The minimum absolute atomic E-state index is 0.00718. The quantitative estimate of drug-likeness (QED) is 0.718.